The number of nitrogens with zero attached hydrogens (tertiary/aromatic N) is 7. The number of hydrogen-bond acceptors (Lipinski definition) is 9. The number of nitrogens with one attached hydrogen (secondary N) is 1. The van der Waals surface area contributed by atoms with Gasteiger partial charge in [0, 0.05) is 39.7 Å². The number of H-pyrrole nitrogens is 1. The Hall–Kier alpha value is -4.06. The zero-order valence-corrected chi connectivity index (χ0v) is 23.1. The molecule has 4 aromatic heterocycles. The van der Waals surface area contributed by atoms with Crippen molar-refractivity contribution in [1.29, 1.82) is 0 Å². The van der Waals surface area contributed by atoms with Crippen LogP contribution in [0.25, 0.3) is 33.4 Å². The molecule has 0 amide bonds. The lowest BCUT2D eigenvalue weighted by Crippen LogP contribution is -2.20. The minimum atomic E-state index is -0.812. The van der Waals surface area contributed by atoms with Gasteiger partial charge in [0.05, 0.1) is 29.9 Å². The van der Waals surface area contributed by atoms with Crippen LogP contribution in [0.2, 0.25) is 5.02 Å². The van der Waals surface area contributed by atoms with Gasteiger partial charge in [0.15, 0.2) is 5.65 Å². The summed E-state index contributed by atoms with van der Waals surface area (Å²) in [6, 6.07) is 5.28. The Morgan fingerprint density at radius 3 is 2.62 bits per heavy atom. The molecular weight excluding hydrogens is 518 g/mol. The number of benzene rings is 1. The van der Waals surface area contributed by atoms with Gasteiger partial charge in [-0.15, -0.1) is 0 Å². The minimum absolute atomic E-state index is 0.327. The first-order chi connectivity index (χ1) is 18.7. The first kappa shape index (κ1) is 26.5. The number of pyridine rings is 1. The second kappa shape index (κ2) is 10.6. The SMILES string of the molecule is CCOc1c(C(C)n2nc(-c3cn[nH]c3)c3c(N)ncnc32)cc(Cl)c(C)c1-c1ccc(C(O)N(C)C)nc1. The number of aliphatic hydroxyl groups excluding tert-OH is 1. The molecule has 4 heterocycles. The van der Waals surface area contributed by atoms with Crippen LogP contribution in [0.5, 0.6) is 5.75 Å². The third kappa shape index (κ3) is 4.69. The van der Waals surface area contributed by atoms with Crippen LogP contribution in [-0.4, -0.2) is 65.6 Å². The highest BCUT2D eigenvalue weighted by molar-refractivity contribution is 6.32. The highest BCUT2D eigenvalue weighted by atomic mass is 35.5. The predicted molar refractivity (Wildman–Crippen MR) is 150 cm³/mol. The number of fused-ring (bicyclic) bond motifs is 1. The summed E-state index contributed by atoms with van der Waals surface area (Å²) < 4.78 is 8.08. The Morgan fingerprint density at radius 1 is 1.18 bits per heavy atom. The number of aromatic amines is 1. The third-order valence-electron chi connectivity index (χ3n) is 6.73. The summed E-state index contributed by atoms with van der Waals surface area (Å²) in [6.07, 6.45) is 5.77. The lowest BCUT2D eigenvalue weighted by Gasteiger charge is -2.23. The molecule has 0 radical (unpaired) electrons. The summed E-state index contributed by atoms with van der Waals surface area (Å²) in [6.45, 7) is 6.33. The molecule has 0 aliphatic rings. The van der Waals surface area contributed by atoms with E-state index in [1.807, 2.05) is 32.9 Å². The minimum Gasteiger partial charge on any atom is -0.493 e. The second-order valence-electron chi connectivity index (χ2n) is 9.43. The smallest absolute Gasteiger partial charge is 0.164 e. The Kier molecular flexibility index (Phi) is 7.21. The summed E-state index contributed by atoms with van der Waals surface area (Å²) in [7, 11) is 3.58. The summed E-state index contributed by atoms with van der Waals surface area (Å²) in [5.74, 6) is 0.999. The molecule has 2 atom stereocenters. The monoisotopic (exact) mass is 547 g/mol. The molecule has 0 fully saturated rings. The number of hydrogen-bond donors (Lipinski definition) is 3. The third-order valence-corrected chi connectivity index (χ3v) is 7.12. The van der Waals surface area contributed by atoms with Crippen molar-refractivity contribution in [2.45, 2.75) is 33.0 Å². The molecule has 202 valence electrons. The Labute approximate surface area is 230 Å². The van der Waals surface area contributed by atoms with E-state index in [1.54, 1.807) is 48.3 Å². The molecule has 5 aromatic rings. The van der Waals surface area contributed by atoms with Gasteiger partial charge in [0.1, 0.15) is 29.8 Å². The lowest BCUT2D eigenvalue weighted by atomic mass is 9.94. The van der Waals surface area contributed by atoms with Crippen LogP contribution >= 0.6 is 11.6 Å². The van der Waals surface area contributed by atoms with Crippen molar-refractivity contribution in [3.8, 4) is 28.1 Å². The standard InChI is InChI=1S/C27H30ClN9O2/c1-6-39-24-18(9-19(28)14(2)21(24)16-7-8-20(30-10-16)27(38)36(4)5)15(3)37-26-22(25(29)31-13-32-26)23(35-37)17-11-33-34-12-17/h7-13,15,27,38H,6H2,1-5H3,(H,33,34)(H2,29,31,32). The van der Waals surface area contributed by atoms with Crippen LogP contribution in [0.1, 0.15) is 42.9 Å². The summed E-state index contributed by atoms with van der Waals surface area (Å²) >= 11 is 6.82. The number of aliphatic hydroxyl groups is 1. The van der Waals surface area contributed by atoms with Gasteiger partial charge in [-0.3, -0.25) is 15.0 Å². The first-order valence-electron chi connectivity index (χ1n) is 12.5. The van der Waals surface area contributed by atoms with E-state index in [9.17, 15) is 5.11 Å². The van der Waals surface area contributed by atoms with Crippen molar-refractivity contribution in [2.24, 2.45) is 0 Å². The molecule has 0 saturated heterocycles. The van der Waals surface area contributed by atoms with Crippen molar-refractivity contribution >= 4 is 28.5 Å². The molecule has 11 nitrogen and oxygen atoms in total. The molecule has 0 bridgehead atoms. The number of aromatic nitrogens is 7. The maximum absolute atomic E-state index is 10.4. The van der Waals surface area contributed by atoms with Crippen LogP contribution in [0.3, 0.4) is 0 Å². The van der Waals surface area contributed by atoms with E-state index in [0.29, 0.717) is 45.6 Å². The van der Waals surface area contributed by atoms with Gasteiger partial charge in [0.2, 0.25) is 0 Å². The van der Waals surface area contributed by atoms with E-state index in [1.165, 1.54) is 6.33 Å². The molecule has 0 spiro atoms. The van der Waals surface area contributed by atoms with E-state index < -0.39 is 6.23 Å². The predicted octanol–water partition coefficient (Wildman–Crippen LogP) is 4.38. The van der Waals surface area contributed by atoms with Crippen molar-refractivity contribution in [1.82, 2.24) is 39.8 Å². The molecule has 4 N–H and O–H groups in total. The van der Waals surface area contributed by atoms with E-state index >= 15 is 0 Å². The summed E-state index contributed by atoms with van der Waals surface area (Å²) in [5, 5.41) is 23.4. The van der Waals surface area contributed by atoms with Gasteiger partial charge < -0.3 is 15.6 Å². The van der Waals surface area contributed by atoms with Gasteiger partial charge in [0.25, 0.3) is 0 Å². The van der Waals surface area contributed by atoms with Crippen molar-refractivity contribution in [2.75, 3.05) is 26.4 Å². The van der Waals surface area contributed by atoms with Crippen LogP contribution in [0, 0.1) is 6.92 Å². The molecule has 12 heteroatoms. The molecule has 5 rings (SSSR count). The normalized spacial score (nSPS) is 13.2. The number of nitrogen functional groups attached to an aromatic ring is 1. The van der Waals surface area contributed by atoms with E-state index in [0.717, 1.165) is 27.8 Å². The van der Waals surface area contributed by atoms with Crippen LogP contribution in [0.15, 0.2) is 43.1 Å². The zero-order chi connectivity index (χ0) is 27.8. The fourth-order valence-corrected chi connectivity index (χ4v) is 4.86. The largest absolute Gasteiger partial charge is 0.493 e. The van der Waals surface area contributed by atoms with Gasteiger partial charge >= 0.3 is 0 Å². The summed E-state index contributed by atoms with van der Waals surface area (Å²) in [4.78, 5) is 14.9. The van der Waals surface area contributed by atoms with E-state index in [2.05, 4.69) is 25.1 Å². The van der Waals surface area contributed by atoms with Crippen molar-refractivity contribution in [3.63, 3.8) is 0 Å². The lowest BCUT2D eigenvalue weighted by molar-refractivity contribution is 0.0358. The van der Waals surface area contributed by atoms with Gasteiger partial charge in [-0.2, -0.15) is 10.2 Å². The quantitative estimate of drug-likeness (QED) is 0.241. The van der Waals surface area contributed by atoms with Crippen molar-refractivity contribution in [3.05, 3.63) is 65.0 Å². The molecule has 0 saturated carbocycles. The number of nitrogens with two attached hydrogens (primary N) is 1. The van der Waals surface area contributed by atoms with Gasteiger partial charge in [-0.05, 0) is 52.6 Å². The number of halogens is 1. The van der Waals surface area contributed by atoms with Crippen molar-refractivity contribution < 1.29 is 9.84 Å². The molecule has 0 aliphatic heterocycles. The fourth-order valence-electron chi connectivity index (χ4n) is 4.65. The fraction of sp³-hybridized carbons (Fsp3) is 0.296. The van der Waals surface area contributed by atoms with Crippen LogP contribution in [-0.2, 0) is 0 Å². The Balaban J connectivity index is 1.69. The highest BCUT2D eigenvalue weighted by Gasteiger charge is 2.27. The molecular formula is C27H30ClN9O2. The molecule has 0 aliphatic carbocycles. The molecule has 2 unspecified atom stereocenters. The zero-order valence-electron chi connectivity index (χ0n) is 22.3. The topological polar surface area (TPSA) is 144 Å². The maximum atomic E-state index is 10.4. The highest BCUT2D eigenvalue weighted by Crippen LogP contribution is 2.44. The molecule has 39 heavy (non-hydrogen) atoms. The van der Waals surface area contributed by atoms with E-state index in [-0.39, 0.29) is 6.04 Å². The number of rotatable bonds is 8. The van der Waals surface area contributed by atoms with Gasteiger partial charge in [-0.1, -0.05) is 17.7 Å². The average molecular weight is 548 g/mol. The average Bonchev–Trinajstić information content (AvgIpc) is 3.59. The van der Waals surface area contributed by atoms with Crippen LogP contribution < -0.4 is 10.5 Å². The number of anilines is 1. The molecule has 1 aromatic carbocycles. The van der Waals surface area contributed by atoms with E-state index in [4.69, 9.17) is 27.2 Å². The number of ether oxygens (including phenoxy) is 1. The first-order valence-corrected chi connectivity index (χ1v) is 12.8. The summed E-state index contributed by atoms with van der Waals surface area (Å²) in [5.41, 5.74) is 12.1. The Morgan fingerprint density at radius 2 is 1.97 bits per heavy atom. The van der Waals surface area contributed by atoms with Gasteiger partial charge in [-0.25, -0.2) is 14.6 Å². The maximum Gasteiger partial charge on any atom is 0.164 e. The Bertz CT molecular complexity index is 1620. The van der Waals surface area contributed by atoms with Crippen LogP contribution in [0.4, 0.5) is 5.82 Å². The second-order valence-corrected chi connectivity index (χ2v) is 9.84.